The average Bonchev–Trinajstić information content (AvgIpc) is 2.28. The van der Waals surface area contributed by atoms with Gasteiger partial charge in [0.15, 0.2) is 0 Å². The molecular formula is C14H21FN2. The van der Waals surface area contributed by atoms with Crippen molar-refractivity contribution in [3.8, 4) is 0 Å². The molecule has 0 aliphatic carbocycles. The number of hydrogen-bond donors (Lipinski definition) is 1. The molecule has 0 spiro atoms. The third-order valence-corrected chi connectivity index (χ3v) is 3.48. The summed E-state index contributed by atoms with van der Waals surface area (Å²) in [5, 5.41) is 0. The summed E-state index contributed by atoms with van der Waals surface area (Å²) in [6.45, 7) is 6.27. The van der Waals surface area contributed by atoms with Crippen molar-refractivity contribution >= 4 is 5.69 Å². The third-order valence-electron chi connectivity index (χ3n) is 3.48. The van der Waals surface area contributed by atoms with Crippen LogP contribution < -0.4 is 10.6 Å². The van der Waals surface area contributed by atoms with E-state index in [1.807, 2.05) is 13.0 Å². The van der Waals surface area contributed by atoms with E-state index in [9.17, 15) is 4.39 Å². The lowest BCUT2D eigenvalue weighted by atomic mass is 9.97. The number of anilines is 1. The lowest BCUT2D eigenvalue weighted by Crippen LogP contribution is -2.35. The molecule has 2 nitrogen and oxygen atoms in total. The Morgan fingerprint density at radius 3 is 2.88 bits per heavy atom. The number of piperidine rings is 1. The first-order chi connectivity index (χ1) is 8.08. The van der Waals surface area contributed by atoms with E-state index < -0.39 is 0 Å². The second kappa shape index (κ2) is 5.05. The van der Waals surface area contributed by atoms with Gasteiger partial charge in [-0.25, -0.2) is 4.39 Å². The van der Waals surface area contributed by atoms with Gasteiger partial charge >= 0.3 is 0 Å². The van der Waals surface area contributed by atoms with E-state index in [0.29, 0.717) is 5.92 Å². The van der Waals surface area contributed by atoms with Gasteiger partial charge in [-0.05, 0) is 49.4 Å². The third kappa shape index (κ3) is 2.78. The molecular weight excluding hydrogens is 215 g/mol. The van der Waals surface area contributed by atoms with Crippen molar-refractivity contribution in [3.63, 3.8) is 0 Å². The van der Waals surface area contributed by atoms with E-state index in [-0.39, 0.29) is 11.9 Å². The minimum absolute atomic E-state index is 0.127. The van der Waals surface area contributed by atoms with E-state index in [4.69, 9.17) is 5.73 Å². The number of halogens is 1. The summed E-state index contributed by atoms with van der Waals surface area (Å²) in [4.78, 5) is 2.34. The highest BCUT2D eigenvalue weighted by Crippen LogP contribution is 2.29. The lowest BCUT2D eigenvalue weighted by molar-refractivity contribution is 0.445. The summed E-state index contributed by atoms with van der Waals surface area (Å²) in [5.74, 6) is 0.501. The van der Waals surface area contributed by atoms with Crippen molar-refractivity contribution in [1.29, 1.82) is 0 Å². The van der Waals surface area contributed by atoms with Crippen LogP contribution in [0, 0.1) is 11.7 Å². The highest BCUT2D eigenvalue weighted by molar-refractivity contribution is 5.55. The van der Waals surface area contributed by atoms with Crippen molar-refractivity contribution < 1.29 is 4.39 Å². The zero-order valence-electron chi connectivity index (χ0n) is 10.6. The van der Waals surface area contributed by atoms with Crippen LogP contribution in [0.3, 0.4) is 0 Å². The predicted molar refractivity (Wildman–Crippen MR) is 69.6 cm³/mol. The van der Waals surface area contributed by atoms with Crippen LogP contribution in [0.15, 0.2) is 18.2 Å². The maximum absolute atomic E-state index is 13.3. The zero-order chi connectivity index (χ0) is 12.4. The first kappa shape index (κ1) is 12.4. The first-order valence-corrected chi connectivity index (χ1v) is 6.38. The van der Waals surface area contributed by atoms with Crippen molar-refractivity contribution in [2.45, 2.75) is 32.7 Å². The van der Waals surface area contributed by atoms with Gasteiger partial charge in [0.05, 0.1) is 0 Å². The number of nitrogens with two attached hydrogens (primary N) is 1. The van der Waals surface area contributed by atoms with Gasteiger partial charge in [0.2, 0.25) is 0 Å². The molecule has 0 saturated carbocycles. The number of benzene rings is 1. The van der Waals surface area contributed by atoms with Crippen molar-refractivity contribution in [3.05, 3.63) is 29.6 Å². The summed E-state index contributed by atoms with van der Waals surface area (Å²) in [7, 11) is 0. The van der Waals surface area contributed by atoms with Crippen LogP contribution in [0.1, 0.15) is 38.3 Å². The van der Waals surface area contributed by atoms with Crippen LogP contribution in [0.25, 0.3) is 0 Å². The summed E-state index contributed by atoms with van der Waals surface area (Å²) in [5.41, 5.74) is 7.95. The van der Waals surface area contributed by atoms with E-state index in [1.165, 1.54) is 18.9 Å². The second-order valence-corrected chi connectivity index (χ2v) is 5.19. The fraction of sp³-hybridized carbons (Fsp3) is 0.571. The van der Waals surface area contributed by atoms with Crippen molar-refractivity contribution in [2.24, 2.45) is 11.7 Å². The first-order valence-electron chi connectivity index (χ1n) is 6.38. The normalized spacial score (nSPS) is 22.6. The maximum atomic E-state index is 13.3. The molecule has 1 fully saturated rings. The smallest absolute Gasteiger partial charge is 0.123 e. The van der Waals surface area contributed by atoms with Gasteiger partial charge in [0.1, 0.15) is 5.82 Å². The van der Waals surface area contributed by atoms with Gasteiger partial charge in [0, 0.05) is 24.8 Å². The molecule has 94 valence electrons. The molecule has 1 heterocycles. The molecule has 0 radical (unpaired) electrons. The number of hydrogen-bond acceptors (Lipinski definition) is 2. The molecule has 1 aliphatic heterocycles. The van der Waals surface area contributed by atoms with Gasteiger partial charge in [-0.2, -0.15) is 0 Å². The fourth-order valence-corrected chi connectivity index (χ4v) is 2.59. The highest BCUT2D eigenvalue weighted by Gasteiger charge is 2.20. The van der Waals surface area contributed by atoms with E-state index >= 15 is 0 Å². The van der Waals surface area contributed by atoms with Crippen molar-refractivity contribution in [1.82, 2.24) is 0 Å². The van der Waals surface area contributed by atoms with E-state index in [0.717, 1.165) is 24.3 Å². The standard InChI is InChI=1S/C14H21FN2/c1-10-4-3-7-17(9-10)14-6-5-12(15)8-13(14)11(2)16/h5-6,8,10-11H,3-4,7,9,16H2,1-2H3/t10?,11-/m1/s1. The molecule has 1 aliphatic rings. The van der Waals surface area contributed by atoms with E-state index in [2.05, 4.69) is 11.8 Å². The topological polar surface area (TPSA) is 29.3 Å². The summed E-state index contributed by atoms with van der Waals surface area (Å²) in [6, 6.07) is 4.84. The van der Waals surface area contributed by atoms with Crippen molar-refractivity contribution in [2.75, 3.05) is 18.0 Å². The summed E-state index contributed by atoms with van der Waals surface area (Å²) >= 11 is 0. The van der Waals surface area contributed by atoms with Gasteiger partial charge in [0.25, 0.3) is 0 Å². The van der Waals surface area contributed by atoms with Gasteiger partial charge in [-0.1, -0.05) is 6.92 Å². The van der Waals surface area contributed by atoms with Gasteiger partial charge in [-0.15, -0.1) is 0 Å². The number of nitrogens with zero attached hydrogens (tertiary/aromatic N) is 1. The maximum Gasteiger partial charge on any atom is 0.123 e. The molecule has 0 bridgehead atoms. The molecule has 1 aromatic carbocycles. The minimum Gasteiger partial charge on any atom is -0.371 e. The number of rotatable bonds is 2. The Kier molecular flexibility index (Phi) is 3.67. The Morgan fingerprint density at radius 1 is 1.47 bits per heavy atom. The molecule has 1 saturated heterocycles. The van der Waals surface area contributed by atoms with Crippen LogP contribution >= 0.6 is 0 Å². The molecule has 2 N–H and O–H groups in total. The molecule has 17 heavy (non-hydrogen) atoms. The van der Waals surface area contributed by atoms with Crippen LogP contribution in [-0.2, 0) is 0 Å². The van der Waals surface area contributed by atoms with Gasteiger partial charge < -0.3 is 10.6 Å². The Hall–Kier alpha value is -1.09. The zero-order valence-corrected chi connectivity index (χ0v) is 10.6. The van der Waals surface area contributed by atoms with Gasteiger partial charge in [-0.3, -0.25) is 0 Å². The minimum atomic E-state index is -0.203. The molecule has 0 amide bonds. The lowest BCUT2D eigenvalue weighted by Gasteiger charge is -2.34. The molecule has 1 unspecified atom stereocenters. The van der Waals surface area contributed by atoms with E-state index in [1.54, 1.807) is 6.07 Å². The quantitative estimate of drug-likeness (QED) is 0.855. The Morgan fingerprint density at radius 2 is 2.24 bits per heavy atom. The monoisotopic (exact) mass is 236 g/mol. The molecule has 1 aromatic rings. The van der Waals surface area contributed by atoms with Crippen LogP contribution in [0.4, 0.5) is 10.1 Å². The second-order valence-electron chi connectivity index (χ2n) is 5.19. The Balaban J connectivity index is 2.30. The summed E-state index contributed by atoms with van der Waals surface area (Å²) < 4.78 is 13.3. The molecule has 0 aromatic heterocycles. The molecule has 2 atom stereocenters. The summed E-state index contributed by atoms with van der Waals surface area (Å²) in [6.07, 6.45) is 2.49. The largest absolute Gasteiger partial charge is 0.371 e. The Bertz CT molecular complexity index is 390. The Labute approximate surface area is 103 Å². The van der Waals surface area contributed by atoms with Crippen LogP contribution in [-0.4, -0.2) is 13.1 Å². The highest BCUT2D eigenvalue weighted by atomic mass is 19.1. The predicted octanol–water partition coefficient (Wildman–Crippen LogP) is 3.08. The molecule has 3 heteroatoms. The van der Waals surface area contributed by atoms with Crippen LogP contribution in [0.5, 0.6) is 0 Å². The SMILES string of the molecule is CC1CCCN(c2ccc(F)cc2[C@@H](C)N)C1. The average molecular weight is 236 g/mol. The molecule has 2 rings (SSSR count). The fourth-order valence-electron chi connectivity index (χ4n) is 2.59. The van der Waals surface area contributed by atoms with Crippen LogP contribution in [0.2, 0.25) is 0 Å².